The number of aromatic nitrogens is 2. The lowest BCUT2D eigenvalue weighted by atomic mass is 10.2. The number of nitro groups is 1. The number of rotatable bonds is 5. The van der Waals surface area contributed by atoms with Gasteiger partial charge in [-0.1, -0.05) is 28.0 Å². The van der Waals surface area contributed by atoms with Crippen molar-refractivity contribution in [2.24, 2.45) is 0 Å². The monoisotopic (exact) mass is 326 g/mol. The number of halogens is 1. The van der Waals surface area contributed by atoms with E-state index in [1.807, 2.05) is 6.92 Å². The van der Waals surface area contributed by atoms with Crippen LogP contribution in [0.2, 0.25) is 0 Å². The third-order valence-electron chi connectivity index (χ3n) is 2.34. The summed E-state index contributed by atoms with van der Waals surface area (Å²) in [5.74, 6) is 0.775. The highest BCUT2D eigenvalue weighted by atomic mass is 79.9. The number of nitrogens with zero attached hydrogens (tertiary/aromatic N) is 3. The third-order valence-corrected chi connectivity index (χ3v) is 2.80. The Bertz CT molecular complexity index is 599. The number of hydrogen-bond acceptors (Lipinski definition) is 6. The van der Waals surface area contributed by atoms with E-state index in [1.165, 1.54) is 12.1 Å². The summed E-state index contributed by atoms with van der Waals surface area (Å²) in [6.45, 7) is 3.26. The average Bonchev–Trinajstić information content (AvgIpc) is 2.84. The van der Waals surface area contributed by atoms with Crippen molar-refractivity contribution in [3.8, 4) is 11.5 Å². The van der Waals surface area contributed by atoms with E-state index in [1.54, 1.807) is 6.07 Å². The van der Waals surface area contributed by atoms with Crippen molar-refractivity contribution in [1.82, 2.24) is 15.5 Å². The maximum atomic E-state index is 10.8. The summed E-state index contributed by atoms with van der Waals surface area (Å²) in [5, 5.41) is 17.7. The maximum absolute atomic E-state index is 10.8. The van der Waals surface area contributed by atoms with E-state index in [0.717, 1.165) is 6.54 Å². The average molecular weight is 327 g/mol. The number of non-ortho nitro benzene ring substituents is 1. The third kappa shape index (κ3) is 3.36. The van der Waals surface area contributed by atoms with Gasteiger partial charge < -0.3 is 9.84 Å². The Kier molecular flexibility index (Phi) is 4.23. The van der Waals surface area contributed by atoms with Gasteiger partial charge in [0.05, 0.1) is 11.5 Å². The molecule has 19 heavy (non-hydrogen) atoms. The quantitative estimate of drug-likeness (QED) is 0.670. The molecule has 0 fully saturated rings. The van der Waals surface area contributed by atoms with Crippen LogP contribution in [0.15, 0.2) is 27.2 Å². The molecule has 0 amide bonds. The molecule has 7 nitrogen and oxygen atoms in total. The molecular formula is C11H11BrN4O3. The Labute approximate surface area is 117 Å². The molecule has 100 valence electrons. The van der Waals surface area contributed by atoms with Crippen LogP contribution in [-0.2, 0) is 6.54 Å². The van der Waals surface area contributed by atoms with Crippen LogP contribution in [0, 0.1) is 10.1 Å². The Morgan fingerprint density at radius 3 is 2.95 bits per heavy atom. The first kappa shape index (κ1) is 13.6. The Hall–Kier alpha value is -1.80. The van der Waals surface area contributed by atoms with Gasteiger partial charge in [0.15, 0.2) is 5.82 Å². The molecule has 2 rings (SSSR count). The predicted molar refractivity (Wildman–Crippen MR) is 71.5 cm³/mol. The van der Waals surface area contributed by atoms with Crippen LogP contribution in [0.25, 0.3) is 11.5 Å². The number of hydrogen-bond donors (Lipinski definition) is 1. The Balaban J connectivity index is 2.30. The van der Waals surface area contributed by atoms with E-state index >= 15 is 0 Å². The molecule has 0 atom stereocenters. The van der Waals surface area contributed by atoms with Gasteiger partial charge in [-0.2, -0.15) is 4.98 Å². The summed E-state index contributed by atoms with van der Waals surface area (Å²) in [7, 11) is 0. The van der Waals surface area contributed by atoms with Crippen LogP contribution in [0.1, 0.15) is 12.7 Å². The fourth-order valence-corrected chi connectivity index (χ4v) is 1.96. The van der Waals surface area contributed by atoms with Gasteiger partial charge in [-0.15, -0.1) is 0 Å². The van der Waals surface area contributed by atoms with E-state index in [4.69, 9.17) is 4.52 Å². The normalized spacial score (nSPS) is 10.6. The second-order valence-corrected chi connectivity index (χ2v) is 4.67. The van der Waals surface area contributed by atoms with Crippen molar-refractivity contribution in [3.05, 3.63) is 38.6 Å². The zero-order chi connectivity index (χ0) is 13.8. The van der Waals surface area contributed by atoms with E-state index in [9.17, 15) is 10.1 Å². The molecule has 0 aliphatic heterocycles. The summed E-state index contributed by atoms with van der Waals surface area (Å²) < 4.78 is 5.68. The topological polar surface area (TPSA) is 94.1 Å². The molecule has 1 N–H and O–H groups in total. The lowest BCUT2D eigenvalue weighted by molar-refractivity contribution is -0.384. The molecule has 0 unspecified atom stereocenters. The summed E-state index contributed by atoms with van der Waals surface area (Å²) in [6.07, 6.45) is 0. The van der Waals surface area contributed by atoms with Crippen molar-refractivity contribution in [2.75, 3.05) is 6.54 Å². The molecular weight excluding hydrogens is 316 g/mol. The van der Waals surface area contributed by atoms with Gasteiger partial charge in [-0.05, 0) is 12.6 Å². The van der Waals surface area contributed by atoms with Gasteiger partial charge in [0.1, 0.15) is 0 Å². The number of nitro benzene ring substituents is 1. The molecule has 1 aromatic heterocycles. The van der Waals surface area contributed by atoms with Crippen LogP contribution in [0.5, 0.6) is 0 Å². The second-order valence-electron chi connectivity index (χ2n) is 3.75. The van der Waals surface area contributed by atoms with Crippen LogP contribution in [-0.4, -0.2) is 21.6 Å². The molecule has 1 heterocycles. The molecule has 0 aliphatic rings. The van der Waals surface area contributed by atoms with E-state index < -0.39 is 4.92 Å². The summed E-state index contributed by atoms with van der Waals surface area (Å²) in [4.78, 5) is 14.5. The van der Waals surface area contributed by atoms with E-state index in [2.05, 4.69) is 31.4 Å². The molecule has 0 aliphatic carbocycles. The molecule has 1 aromatic carbocycles. The minimum atomic E-state index is -0.468. The van der Waals surface area contributed by atoms with Gasteiger partial charge in [-0.25, -0.2) is 0 Å². The predicted octanol–water partition coefficient (Wildman–Crippen LogP) is 2.52. The first-order valence-corrected chi connectivity index (χ1v) is 6.38. The van der Waals surface area contributed by atoms with Crippen molar-refractivity contribution < 1.29 is 9.45 Å². The maximum Gasteiger partial charge on any atom is 0.271 e. The second kappa shape index (κ2) is 5.89. The molecule has 0 spiro atoms. The standard InChI is InChI=1S/C11H11BrN4O3/c1-2-13-6-10-14-11(19-15-10)7-3-8(12)5-9(4-7)16(17)18/h3-5,13H,2,6H2,1H3. The van der Waals surface area contributed by atoms with Crippen molar-refractivity contribution in [1.29, 1.82) is 0 Å². The first-order chi connectivity index (χ1) is 9.10. The van der Waals surface area contributed by atoms with Crippen molar-refractivity contribution in [3.63, 3.8) is 0 Å². The highest BCUT2D eigenvalue weighted by Gasteiger charge is 2.14. The zero-order valence-corrected chi connectivity index (χ0v) is 11.7. The minimum Gasteiger partial charge on any atom is -0.334 e. The number of benzene rings is 1. The van der Waals surface area contributed by atoms with Crippen LogP contribution >= 0.6 is 15.9 Å². The Morgan fingerprint density at radius 1 is 1.47 bits per heavy atom. The van der Waals surface area contributed by atoms with Crippen LogP contribution < -0.4 is 5.32 Å². The van der Waals surface area contributed by atoms with E-state index in [0.29, 0.717) is 22.4 Å². The lowest BCUT2D eigenvalue weighted by Gasteiger charge is -1.97. The van der Waals surface area contributed by atoms with Gasteiger partial charge in [0.2, 0.25) is 0 Å². The van der Waals surface area contributed by atoms with Gasteiger partial charge in [0.25, 0.3) is 11.6 Å². The minimum absolute atomic E-state index is 0.0317. The van der Waals surface area contributed by atoms with Crippen LogP contribution in [0.3, 0.4) is 0 Å². The molecule has 8 heteroatoms. The summed E-state index contributed by atoms with van der Waals surface area (Å²) >= 11 is 3.22. The van der Waals surface area contributed by atoms with Crippen LogP contribution in [0.4, 0.5) is 5.69 Å². The van der Waals surface area contributed by atoms with Crippen molar-refractivity contribution >= 4 is 21.6 Å². The fraction of sp³-hybridized carbons (Fsp3) is 0.273. The number of nitrogens with one attached hydrogen (secondary N) is 1. The summed E-state index contributed by atoms with van der Waals surface area (Å²) in [5.41, 5.74) is 0.479. The van der Waals surface area contributed by atoms with Gasteiger partial charge >= 0.3 is 0 Å². The van der Waals surface area contributed by atoms with Gasteiger partial charge in [-0.3, -0.25) is 10.1 Å². The zero-order valence-electron chi connectivity index (χ0n) is 10.1. The van der Waals surface area contributed by atoms with Crippen molar-refractivity contribution in [2.45, 2.75) is 13.5 Å². The highest BCUT2D eigenvalue weighted by molar-refractivity contribution is 9.10. The molecule has 0 saturated heterocycles. The largest absolute Gasteiger partial charge is 0.334 e. The summed E-state index contributed by atoms with van der Waals surface area (Å²) in [6, 6.07) is 4.51. The van der Waals surface area contributed by atoms with E-state index in [-0.39, 0.29) is 11.6 Å². The molecule has 0 saturated carbocycles. The SMILES string of the molecule is CCNCc1noc(-c2cc(Br)cc([N+](=O)[O-])c2)n1. The molecule has 0 bridgehead atoms. The molecule has 0 radical (unpaired) electrons. The molecule has 2 aromatic rings. The highest BCUT2D eigenvalue weighted by Crippen LogP contribution is 2.27. The fourth-order valence-electron chi connectivity index (χ4n) is 1.48. The Morgan fingerprint density at radius 2 is 2.26 bits per heavy atom. The first-order valence-electron chi connectivity index (χ1n) is 5.59. The van der Waals surface area contributed by atoms with Gasteiger partial charge in [0, 0.05) is 22.2 Å². The smallest absolute Gasteiger partial charge is 0.271 e. The lowest BCUT2D eigenvalue weighted by Crippen LogP contribution is -2.12.